The van der Waals surface area contributed by atoms with E-state index in [0.29, 0.717) is 6.04 Å². The van der Waals surface area contributed by atoms with Crippen LogP contribution in [-0.2, 0) is 12.8 Å². The van der Waals surface area contributed by atoms with Gasteiger partial charge in [-0.2, -0.15) is 0 Å². The first-order valence-corrected chi connectivity index (χ1v) is 9.31. The average Bonchev–Trinajstić information content (AvgIpc) is 2.89. The van der Waals surface area contributed by atoms with Crippen molar-refractivity contribution in [3.8, 4) is 0 Å². The van der Waals surface area contributed by atoms with Crippen molar-refractivity contribution in [2.75, 3.05) is 6.54 Å². The Labute approximate surface area is 140 Å². The number of thiophene rings is 1. The van der Waals surface area contributed by atoms with Crippen LogP contribution in [0.25, 0.3) is 0 Å². The lowest BCUT2D eigenvalue weighted by Crippen LogP contribution is -2.32. The fourth-order valence-corrected chi connectivity index (χ4v) is 3.99. The Morgan fingerprint density at radius 2 is 1.90 bits per heavy atom. The fourth-order valence-electron chi connectivity index (χ4n) is 2.42. The summed E-state index contributed by atoms with van der Waals surface area (Å²) in [5.41, 5.74) is 2.78. The fraction of sp³-hybridized carbons (Fsp3) is 0.444. The van der Waals surface area contributed by atoms with Crippen molar-refractivity contribution < 1.29 is 0 Å². The molecule has 2 rings (SSSR count). The highest BCUT2D eigenvalue weighted by molar-refractivity contribution is 9.11. The van der Waals surface area contributed by atoms with Crippen molar-refractivity contribution in [3.05, 3.63) is 56.2 Å². The first-order chi connectivity index (χ1) is 10.2. The summed E-state index contributed by atoms with van der Waals surface area (Å²) in [6.07, 6.45) is 4.66. The molecular formula is C18H24BrNS. The van der Waals surface area contributed by atoms with Crippen LogP contribution >= 0.6 is 27.3 Å². The van der Waals surface area contributed by atoms with E-state index in [2.05, 4.69) is 71.5 Å². The molecule has 3 heteroatoms. The summed E-state index contributed by atoms with van der Waals surface area (Å²) in [6.45, 7) is 5.47. The summed E-state index contributed by atoms with van der Waals surface area (Å²) < 4.78 is 1.23. The Hall–Kier alpha value is -0.640. The second-order valence-electron chi connectivity index (χ2n) is 5.59. The normalized spacial score (nSPS) is 12.5. The monoisotopic (exact) mass is 365 g/mol. The van der Waals surface area contributed by atoms with Gasteiger partial charge in [0.25, 0.3) is 0 Å². The molecule has 1 atom stereocenters. The summed E-state index contributed by atoms with van der Waals surface area (Å²) >= 11 is 5.41. The number of hydrogen-bond donors (Lipinski definition) is 1. The molecule has 1 heterocycles. The van der Waals surface area contributed by atoms with Crippen molar-refractivity contribution in [2.45, 2.75) is 45.6 Å². The smallest absolute Gasteiger partial charge is 0.0701 e. The molecule has 0 fully saturated rings. The van der Waals surface area contributed by atoms with E-state index in [9.17, 15) is 0 Å². The van der Waals surface area contributed by atoms with Crippen LogP contribution in [0.3, 0.4) is 0 Å². The van der Waals surface area contributed by atoms with E-state index in [1.54, 1.807) is 0 Å². The molecule has 1 nitrogen and oxygen atoms in total. The van der Waals surface area contributed by atoms with Gasteiger partial charge in [-0.25, -0.2) is 0 Å². The summed E-state index contributed by atoms with van der Waals surface area (Å²) in [5, 5.41) is 3.70. The number of nitrogens with one attached hydrogen (secondary N) is 1. The van der Waals surface area contributed by atoms with E-state index in [1.165, 1.54) is 32.6 Å². The minimum atomic E-state index is 0.566. The third-order valence-corrected chi connectivity index (χ3v) is 5.31. The average molecular weight is 366 g/mol. The maximum Gasteiger partial charge on any atom is 0.0701 e. The van der Waals surface area contributed by atoms with Gasteiger partial charge < -0.3 is 5.32 Å². The number of hydrogen-bond acceptors (Lipinski definition) is 2. The zero-order valence-electron chi connectivity index (χ0n) is 12.9. The van der Waals surface area contributed by atoms with Gasteiger partial charge in [0.2, 0.25) is 0 Å². The van der Waals surface area contributed by atoms with Gasteiger partial charge in [0, 0.05) is 10.9 Å². The Balaban J connectivity index is 1.90. The Kier molecular flexibility index (Phi) is 6.94. The molecule has 1 aromatic heterocycles. The van der Waals surface area contributed by atoms with Gasteiger partial charge in [0.05, 0.1) is 3.79 Å². The van der Waals surface area contributed by atoms with Crippen LogP contribution in [0.2, 0.25) is 0 Å². The number of halogens is 1. The summed E-state index contributed by atoms with van der Waals surface area (Å²) in [7, 11) is 0. The Morgan fingerprint density at radius 3 is 2.52 bits per heavy atom. The molecule has 0 aliphatic heterocycles. The molecule has 0 radical (unpaired) electrons. The summed E-state index contributed by atoms with van der Waals surface area (Å²) in [4.78, 5) is 1.46. The van der Waals surface area contributed by atoms with Crippen LogP contribution in [0.4, 0.5) is 0 Å². The van der Waals surface area contributed by atoms with Gasteiger partial charge in [0.1, 0.15) is 0 Å². The van der Waals surface area contributed by atoms with Gasteiger partial charge >= 0.3 is 0 Å². The first kappa shape index (κ1) is 16.7. The van der Waals surface area contributed by atoms with Crippen LogP contribution in [-0.4, -0.2) is 12.6 Å². The molecule has 2 aromatic rings. The van der Waals surface area contributed by atoms with Crippen molar-refractivity contribution in [2.24, 2.45) is 0 Å². The molecule has 1 N–H and O–H groups in total. The third kappa shape index (κ3) is 5.93. The highest BCUT2D eigenvalue weighted by Crippen LogP contribution is 2.24. The standard InChI is InChI=1S/C18H24BrNS/c1-3-12-20-16(13-17-10-11-18(19)21-17)9-8-15-6-4-14(2)5-7-15/h4-7,10-11,16,20H,3,8-9,12-13H2,1-2H3. The first-order valence-electron chi connectivity index (χ1n) is 7.70. The molecule has 0 saturated heterocycles. The minimum Gasteiger partial charge on any atom is -0.314 e. The molecule has 1 aromatic carbocycles. The highest BCUT2D eigenvalue weighted by atomic mass is 79.9. The van der Waals surface area contributed by atoms with E-state index < -0.39 is 0 Å². The van der Waals surface area contributed by atoms with Crippen LogP contribution in [0, 0.1) is 6.92 Å². The molecule has 21 heavy (non-hydrogen) atoms. The molecule has 0 bridgehead atoms. The topological polar surface area (TPSA) is 12.0 Å². The predicted octanol–water partition coefficient (Wildman–Crippen LogP) is 5.36. The number of rotatable bonds is 8. The highest BCUT2D eigenvalue weighted by Gasteiger charge is 2.10. The molecule has 0 aliphatic rings. The van der Waals surface area contributed by atoms with Crippen LogP contribution < -0.4 is 5.32 Å². The zero-order chi connectivity index (χ0) is 15.1. The van der Waals surface area contributed by atoms with E-state index in [0.717, 1.165) is 19.4 Å². The minimum absolute atomic E-state index is 0.566. The van der Waals surface area contributed by atoms with Crippen molar-refractivity contribution in [3.63, 3.8) is 0 Å². The summed E-state index contributed by atoms with van der Waals surface area (Å²) in [5.74, 6) is 0. The maximum atomic E-state index is 3.70. The largest absolute Gasteiger partial charge is 0.314 e. The lowest BCUT2D eigenvalue weighted by atomic mass is 10.0. The number of benzene rings is 1. The van der Waals surface area contributed by atoms with Gasteiger partial charge in [-0.1, -0.05) is 36.8 Å². The quantitative estimate of drug-likeness (QED) is 0.663. The molecule has 0 saturated carbocycles. The molecule has 1 unspecified atom stereocenters. The lowest BCUT2D eigenvalue weighted by molar-refractivity contribution is 0.480. The van der Waals surface area contributed by atoms with Crippen molar-refractivity contribution >= 4 is 27.3 Å². The second-order valence-corrected chi connectivity index (χ2v) is 8.13. The predicted molar refractivity (Wildman–Crippen MR) is 97.3 cm³/mol. The summed E-state index contributed by atoms with van der Waals surface area (Å²) in [6, 6.07) is 13.9. The van der Waals surface area contributed by atoms with Crippen LogP contribution in [0.5, 0.6) is 0 Å². The molecule has 0 amide bonds. The SMILES string of the molecule is CCCNC(CCc1ccc(C)cc1)Cc1ccc(Br)s1. The maximum absolute atomic E-state index is 3.70. The van der Waals surface area contributed by atoms with Crippen molar-refractivity contribution in [1.29, 1.82) is 0 Å². The second kappa shape index (κ2) is 8.72. The van der Waals surface area contributed by atoms with Crippen molar-refractivity contribution in [1.82, 2.24) is 5.32 Å². The van der Waals surface area contributed by atoms with Gasteiger partial charge in [-0.05, 0) is 72.8 Å². The molecular weight excluding hydrogens is 342 g/mol. The van der Waals surface area contributed by atoms with E-state index in [1.807, 2.05) is 11.3 Å². The third-order valence-electron chi connectivity index (χ3n) is 3.66. The van der Waals surface area contributed by atoms with Gasteiger partial charge in [0.15, 0.2) is 0 Å². The van der Waals surface area contributed by atoms with Gasteiger partial charge in [-0.3, -0.25) is 0 Å². The molecule has 114 valence electrons. The Bertz CT molecular complexity index is 532. The molecule has 0 aliphatic carbocycles. The van der Waals surface area contributed by atoms with E-state index in [4.69, 9.17) is 0 Å². The zero-order valence-corrected chi connectivity index (χ0v) is 15.3. The van der Waals surface area contributed by atoms with Crippen LogP contribution in [0.1, 0.15) is 35.8 Å². The number of aryl methyl sites for hydroxylation is 2. The van der Waals surface area contributed by atoms with Crippen LogP contribution in [0.15, 0.2) is 40.2 Å². The lowest BCUT2D eigenvalue weighted by Gasteiger charge is -2.18. The van der Waals surface area contributed by atoms with Gasteiger partial charge in [-0.15, -0.1) is 11.3 Å². The van der Waals surface area contributed by atoms with E-state index >= 15 is 0 Å². The Morgan fingerprint density at radius 1 is 1.14 bits per heavy atom. The van der Waals surface area contributed by atoms with E-state index in [-0.39, 0.29) is 0 Å². The molecule has 0 spiro atoms.